The molecule has 2 heterocycles. The van der Waals surface area contributed by atoms with Crippen LogP contribution in [0.2, 0.25) is 0 Å². The highest BCUT2D eigenvalue weighted by Gasteiger charge is 2.22. The maximum atomic E-state index is 12.3. The van der Waals surface area contributed by atoms with E-state index in [0.717, 1.165) is 28.2 Å². The summed E-state index contributed by atoms with van der Waals surface area (Å²) in [7, 11) is 0. The number of carbonyl (C=O) groups is 1. The van der Waals surface area contributed by atoms with E-state index in [4.69, 9.17) is 9.47 Å². The van der Waals surface area contributed by atoms with E-state index in [1.165, 1.54) is 0 Å². The average molecular weight is 423 g/mol. The molecule has 0 unspecified atom stereocenters. The fourth-order valence-electron chi connectivity index (χ4n) is 3.70. The van der Waals surface area contributed by atoms with Crippen LogP contribution in [0.3, 0.4) is 0 Å². The zero-order valence-electron chi connectivity index (χ0n) is 17.3. The summed E-state index contributed by atoms with van der Waals surface area (Å²) < 4.78 is 11.6. The van der Waals surface area contributed by atoms with Gasteiger partial charge in [-0.25, -0.2) is 9.97 Å². The Labute approximate surface area is 186 Å². The third kappa shape index (κ3) is 4.66. The standard InChI is InChI=1S/C26H21N3O3/c30-26-18-29(17-25-27-12-5-13-28-25)16-21-14-20(10-11-24(21)32-26)19-6-4-9-23(15-19)31-22-7-2-1-3-8-22/h1-15H,16-18H2. The van der Waals surface area contributed by atoms with Crippen molar-refractivity contribution in [1.82, 2.24) is 14.9 Å². The normalized spacial score (nSPS) is 13.7. The Kier molecular flexibility index (Phi) is 5.59. The highest BCUT2D eigenvalue weighted by molar-refractivity contribution is 5.76. The zero-order chi connectivity index (χ0) is 21.8. The van der Waals surface area contributed by atoms with Gasteiger partial charge in [-0.1, -0.05) is 36.4 Å². The predicted molar refractivity (Wildman–Crippen MR) is 120 cm³/mol. The van der Waals surface area contributed by atoms with Crippen molar-refractivity contribution in [3.8, 4) is 28.4 Å². The monoisotopic (exact) mass is 423 g/mol. The van der Waals surface area contributed by atoms with Gasteiger partial charge < -0.3 is 9.47 Å². The van der Waals surface area contributed by atoms with Crippen molar-refractivity contribution < 1.29 is 14.3 Å². The lowest BCUT2D eigenvalue weighted by atomic mass is 10.0. The number of esters is 1. The van der Waals surface area contributed by atoms with Crippen LogP contribution >= 0.6 is 0 Å². The Balaban J connectivity index is 1.40. The van der Waals surface area contributed by atoms with E-state index in [-0.39, 0.29) is 12.5 Å². The van der Waals surface area contributed by atoms with Gasteiger partial charge in [0, 0.05) is 24.5 Å². The minimum Gasteiger partial charge on any atom is -0.457 e. The molecule has 0 spiro atoms. The first kappa shape index (κ1) is 19.9. The third-order valence-corrected chi connectivity index (χ3v) is 5.16. The highest BCUT2D eigenvalue weighted by atomic mass is 16.5. The Morgan fingerprint density at radius 2 is 1.59 bits per heavy atom. The number of hydrogen-bond donors (Lipinski definition) is 0. The molecule has 6 heteroatoms. The lowest BCUT2D eigenvalue weighted by Crippen LogP contribution is -2.29. The van der Waals surface area contributed by atoms with Gasteiger partial charge >= 0.3 is 5.97 Å². The van der Waals surface area contributed by atoms with Crippen molar-refractivity contribution in [1.29, 1.82) is 0 Å². The van der Waals surface area contributed by atoms with E-state index in [1.807, 2.05) is 71.6 Å². The second-order valence-electron chi connectivity index (χ2n) is 7.55. The van der Waals surface area contributed by atoms with Gasteiger partial charge in [-0.05, 0) is 53.6 Å². The number of nitrogens with zero attached hydrogens (tertiary/aromatic N) is 3. The third-order valence-electron chi connectivity index (χ3n) is 5.16. The molecule has 0 radical (unpaired) electrons. The topological polar surface area (TPSA) is 64.6 Å². The van der Waals surface area contributed by atoms with Crippen LogP contribution in [0.1, 0.15) is 11.4 Å². The van der Waals surface area contributed by atoms with Crippen molar-refractivity contribution in [3.63, 3.8) is 0 Å². The Morgan fingerprint density at radius 3 is 2.44 bits per heavy atom. The molecule has 0 saturated carbocycles. The van der Waals surface area contributed by atoms with Crippen LogP contribution in [-0.4, -0.2) is 27.4 Å². The molecule has 6 nitrogen and oxygen atoms in total. The van der Waals surface area contributed by atoms with Crippen molar-refractivity contribution in [2.75, 3.05) is 6.54 Å². The molecule has 1 aliphatic rings. The average Bonchev–Trinajstić information content (AvgIpc) is 2.97. The molecule has 0 bridgehead atoms. The molecule has 1 aromatic heterocycles. The van der Waals surface area contributed by atoms with Crippen LogP contribution in [0.5, 0.6) is 17.2 Å². The van der Waals surface area contributed by atoms with E-state index in [2.05, 4.69) is 16.0 Å². The van der Waals surface area contributed by atoms with E-state index in [9.17, 15) is 4.79 Å². The van der Waals surface area contributed by atoms with Crippen molar-refractivity contribution in [3.05, 3.63) is 103 Å². The van der Waals surface area contributed by atoms with Gasteiger partial charge in [0.2, 0.25) is 0 Å². The summed E-state index contributed by atoms with van der Waals surface area (Å²) in [4.78, 5) is 22.8. The first-order valence-electron chi connectivity index (χ1n) is 10.4. The fraction of sp³-hybridized carbons (Fsp3) is 0.115. The van der Waals surface area contributed by atoms with Crippen LogP contribution in [0.15, 0.2) is 91.3 Å². The van der Waals surface area contributed by atoms with Gasteiger partial charge in [0.05, 0.1) is 13.1 Å². The molecular formula is C26H21N3O3. The van der Waals surface area contributed by atoms with Gasteiger partial charge in [0.15, 0.2) is 0 Å². The maximum absolute atomic E-state index is 12.3. The fourth-order valence-corrected chi connectivity index (χ4v) is 3.70. The minimum atomic E-state index is -0.286. The summed E-state index contributed by atoms with van der Waals surface area (Å²) in [6, 6.07) is 25.3. The van der Waals surface area contributed by atoms with Crippen molar-refractivity contribution in [2.24, 2.45) is 0 Å². The first-order valence-corrected chi connectivity index (χ1v) is 10.4. The van der Waals surface area contributed by atoms with Gasteiger partial charge in [-0.15, -0.1) is 0 Å². The molecule has 4 aromatic rings. The van der Waals surface area contributed by atoms with Crippen LogP contribution in [0.4, 0.5) is 0 Å². The molecule has 0 aliphatic carbocycles. The second kappa shape index (κ2) is 8.99. The zero-order valence-corrected chi connectivity index (χ0v) is 17.3. The molecule has 5 rings (SSSR count). The summed E-state index contributed by atoms with van der Waals surface area (Å²) >= 11 is 0. The first-order chi connectivity index (χ1) is 15.7. The summed E-state index contributed by atoms with van der Waals surface area (Å²) in [6.07, 6.45) is 3.41. The number of carbonyl (C=O) groups excluding carboxylic acids is 1. The van der Waals surface area contributed by atoms with E-state index >= 15 is 0 Å². The van der Waals surface area contributed by atoms with Gasteiger partial charge in [-0.3, -0.25) is 9.69 Å². The van der Waals surface area contributed by atoms with E-state index in [0.29, 0.717) is 24.7 Å². The lowest BCUT2D eigenvalue weighted by molar-refractivity contribution is -0.135. The second-order valence-corrected chi connectivity index (χ2v) is 7.55. The largest absolute Gasteiger partial charge is 0.457 e. The summed E-state index contributed by atoms with van der Waals surface area (Å²) in [5.41, 5.74) is 2.99. The van der Waals surface area contributed by atoms with Crippen LogP contribution in [0.25, 0.3) is 11.1 Å². The number of benzene rings is 3. The lowest BCUT2D eigenvalue weighted by Gasteiger charge is -2.17. The van der Waals surface area contributed by atoms with Gasteiger partial charge in [0.1, 0.15) is 23.1 Å². The summed E-state index contributed by atoms with van der Waals surface area (Å²) in [5.74, 6) is 2.53. The molecule has 0 fully saturated rings. The number of hydrogen-bond acceptors (Lipinski definition) is 6. The molecule has 0 amide bonds. The number of para-hydroxylation sites is 1. The molecule has 0 N–H and O–H groups in total. The number of fused-ring (bicyclic) bond motifs is 1. The summed E-state index contributed by atoms with van der Waals surface area (Å²) in [6.45, 7) is 1.22. The number of rotatable bonds is 5. The molecule has 0 saturated heterocycles. The molecule has 32 heavy (non-hydrogen) atoms. The molecule has 0 atom stereocenters. The molecule has 3 aromatic carbocycles. The molecular weight excluding hydrogens is 402 g/mol. The number of aromatic nitrogens is 2. The SMILES string of the molecule is O=C1CN(Cc2ncccn2)Cc2cc(-c3cccc(Oc4ccccc4)c3)ccc2O1. The minimum absolute atomic E-state index is 0.183. The van der Waals surface area contributed by atoms with Crippen LogP contribution in [-0.2, 0) is 17.9 Å². The van der Waals surface area contributed by atoms with Crippen molar-refractivity contribution >= 4 is 5.97 Å². The predicted octanol–water partition coefficient (Wildman–Crippen LogP) is 4.86. The smallest absolute Gasteiger partial charge is 0.325 e. The van der Waals surface area contributed by atoms with Crippen LogP contribution in [0, 0.1) is 0 Å². The Bertz CT molecular complexity index is 1230. The quantitative estimate of drug-likeness (QED) is 0.338. The van der Waals surface area contributed by atoms with Gasteiger partial charge in [-0.2, -0.15) is 0 Å². The maximum Gasteiger partial charge on any atom is 0.325 e. The summed E-state index contributed by atoms with van der Waals surface area (Å²) in [5, 5.41) is 0. The van der Waals surface area contributed by atoms with E-state index in [1.54, 1.807) is 18.5 Å². The Morgan fingerprint density at radius 1 is 0.812 bits per heavy atom. The van der Waals surface area contributed by atoms with Crippen molar-refractivity contribution in [2.45, 2.75) is 13.1 Å². The Hall–Kier alpha value is -4.03. The van der Waals surface area contributed by atoms with Gasteiger partial charge in [0.25, 0.3) is 0 Å². The van der Waals surface area contributed by atoms with Crippen LogP contribution < -0.4 is 9.47 Å². The highest BCUT2D eigenvalue weighted by Crippen LogP contribution is 2.32. The molecule has 158 valence electrons. The molecule has 1 aliphatic heterocycles. The number of ether oxygens (including phenoxy) is 2. The van der Waals surface area contributed by atoms with E-state index < -0.39 is 0 Å².